The molecule has 1 heterocycles. The van der Waals surface area contributed by atoms with Crippen LogP contribution in [0.5, 0.6) is 11.5 Å². The zero-order valence-corrected chi connectivity index (χ0v) is 13.2. The third-order valence-electron chi connectivity index (χ3n) is 3.61. The van der Waals surface area contributed by atoms with E-state index in [2.05, 4.69) is 10.0 Å². The van der Waals surface area contributed by atoms with Gasteiger partial charge in [-0.15, -0.1) is 0 Å². The summed E-state index contributed by atoms with van der Waals surface area (Å²) in [5, 5.41) is 3.34. The van der Waals surface area contributed by atoms with Gasteiger partial charge in [-0.3, -0.25) is 0 Å². The third kappa shape index (κ3) is 4.09. The van der Waals surface area contributed by atoms with Crippen LogP contribution in [0.15, 0.2) is 23.1 Å². The summed E-state index contributed by atoms with van der Waals surface area (Å²) in [6, 6.07) is 4.98. The zero-order valence-electron chi connectivity index (χ0n) is 12.4. The smallest absolute Gasteiger partial charge is 0.240 e. The van der Waals surface area contributed by atoms with Gasteiger partial charge in [0.25, 0.3) is 0 Å². The predicted octanol–water partition coefficient (Wildman–Crippen LogP) is 1.12. The van der Waals surface area contributed by atoms with Crippen LogP contribution >= 0.6 is 0 Å². The number of sulfonamides is 1. The molecule has 6 nitrogen and oxygen atoms in total. The summed E-state index contributed by atoms with van der Waals surface area (Å²) in [4.78, 5) is 0.180. The molecule has 2 rings (SSSR count). The minimum Gasteiger partial charge on any atom is -0.493 e. The molecule has 1 aliphatic heterocycles. The molecular weight excluding hydrogens is 292 g/mol. The molecule has 1 saturated heterocycles. The van der Waals surface area contributed by atoms with Crippen molar-refractivity contribution in [2.24, 2.45) is 0 Å². The van der Waals surface area contributed by atoms with Crippen molar-refractivity contribution in [3.05, 3.63) is 18.2 Å². The molecular formula is C14H22N2O4S. The van der Waals surface area contributed by atoms with Crippen LogP contribution in [0.4, 0.5) is 0 Å². The Morgan fingerprint density at radius 3 is 2.67 bits per heavy atom. The highest BCUT2D eigenvalue weighted by Gasteiger charge is 2.18. The van der Waals surface area contributed by atoms with E-state index in [0.29, 0.717) is 24.1 Å². The molecule has 1 aromatic carbocycles. The van der Waals surface area contributed by atoms with E-state index in [0.717, 1.165) is 25.8 Å². The summed E-state index contributed by atoms with van der Waals surface area (Å²) in [6.07, 6.45) is 3.07. The second kappa shape index (κ2) is 7.11. The van der Waals surface area contributed by atoms with Crippen molar-refractivity contribution in [2.75, 3.05) is 27.3 Å². The zero-order chi connectivity index (χ0) is 15.3. The van der Waals surface area contributed by atoms with Gasteiger partial charge in [-0.05, 0) is 37.9 Å². The average Bonchev–Trinajstić information content (AvgIpc) is 2.99. The van der Waals surface area contributed by atoms with E-state index in [-0.39, 0.29) is 4.90 Å². The van der Waals surface area contributed by atoms with Crippen LogP contribution < -0.4 is 19.5 Å². The van der Waals surface area contributed by atoms with E-state index in [1.54, 1.807) is 6.07 Å². The highest BCUT2D eigenvalue weighted by Crippen LogP contribution is 2.29. The van der Waals surface area contributed by atoms with Gasteiger partial charge >= 0.3 is 0 Å². The second-order valence-corrected chi connectivity index (χ2v) is 6.76. The van der Waals surface area contributed by atoms with Gasteiger partial charge in [0.1, 0.15) is 0 Å². The van der Waals surface area contributed by atoms with E-state index < -0.39 is 10.0 Å². The fraction of sp³-hybridized carbons (Fsp3) is 0.571. The quantitative estimate of drug-likeness (QED) is 0.789. The summed E-state index contributed by atoms with van der Waals surface area (Å²) < 4.78 is 37.4. The normalized spacial score (nSPS) is 18.7. The van der Waals surface area contributed by atoms with Crippen molar-refractivity contribution in [3.8, 4) is 11.5 Å². The molecule has 0 amide bonds. The molecule has 1 aliphatic rings. The van der Waals surface area contributed by atoms with Gasteiger partial charge in [0.2, 0.25) is 10.0 Å². The highest BCUT2D eigenvalue weighted by atomic mass is 32.2. The van der Waals surface area contributed by atoms with Crippen LogP contribution in [0.3, 0.4) is 0 Å². The number of hydrogen-bond donors (Lipinski definition) is 2. The Balaban J connectivity index is 2.01. The molecule has 0 bridgehead atoms. The standard InChI is InChI=1S/C14H22N2O4S/c1-19-13-6-5-12(10-14(13)20-2)21(17,18)16-9-7-11-4-3-8-15-11/h5-6,10-11,15-16H,3-4,7-9H2,1-2H3/t11-/m0/s1. The predicted molar refractivity (Wildman–Crippen MR) is 80.4 cm³/mol. The molecule has 0 aromatic heterocycles. The molecule has 1 atom stereocenters. The van der Waals surface area contributed by atoms with Crippen LogP contribution in [0.1, 0.15) is 19.3 Å². The number of ether oxygens (including phenoxy) is 2. The lowest BCUT2D eigenvalue weighted by Crippen LogP contribution is -2.30. The average molecular weight is 314 g/mol. The topological polar surface area (TPSA) is 76.7 Å². The molecule has 118 valence electrons. The van der Waals surface area contributed by atoms with Crippen molar-refractivity contribution >= 4 is 10.0 Å². The lowest BCUT2D eigenvalue weighted by atomic mass is 10.2. The van der Waals surface area contributed by atoms with Gasteiger partial charge in [0, 0.05) is 18.7 Å². The Kier molecular flexibility index (Phi) is 5.44. The minimum atomic E-state index is -3.52. The first-order valence-corrected chi connectivity index (χ1v) is 8.50. The van der Waals surface area contributed by atoms with Crippen LogP contribution in [0.2, 0.25) is 0 Å². The fourth-order valence-corrected chi connectivity index (χ4v) is 3.50. The van der Waals surface area contributed by atoms with Crippen molar-refractivity contribution in [3.63, 3.8) is 0 Å². The maximum atomic E-state index is 12.2. The first kappa shape index (κ1) is 16.1. The third-order valence-corrected chi connectivity index (χ3v) is 5.07. The van der Waals surface area contributed by atoms with Gasteiger partial charge in [-0.1, -0.05) is 0 Å². The first-order chi connectivity index (χ1) is 10.1. The molecule has 1 aromatic rings. The summed E-state index contributed by atoms with van der Waals surface area (Å²) >= 11 is 0. The molecule has 7 heteroatoms. The van der Waals surface area contributed by atoms with Gasteiger partial charge in [-0.25, -0.2) is 13.1 Å². The monoisotopic (exact) mass is 314 g/mol. The Hall–Kier alpha value is -1.31. The maximum absolute atomic E-state index is 12.2. The Morgan fingerprint density at radius 1 is 1.29 bits per heavy atom. The minimum absolute atomic E-state index is 0.180. The van der Waals surface area contributed by atoms with Crippen LogP contribution in [-0.2, 0) is 10.0 Å². The molecule has 0 unspecified atom stereocenters. The summed E-state index contributed by atoms with van der Waals surface area (Å²) in [5.74, 6) is 0.907. The maximum Gasteiger partial charge on any atom is 0.240 e. The van der Waals surface area contributed by atoms with E-state index >= 15 is 0 Å². The molecule has 0 saturated carbocycles. The SMILES string of the molecule is COc1ccc(S(=O)(=O)NCC[C@@H]2CCCN2)cc1OC. The first-order valence-electron chi connectivity index (χ1n) is 7.02. The molecule has 0 radical (unpaired) electrons. The highest BCUT2D eigenvalue weighted by molar-refractivity contribution is 7.89. The van der Waals surface area contributed by atoms with Crippen molar-refractivity contribution in [2.45, 2.75) is 30.2 Å². The second-order valence-electron chi connectivity index (χ2n) is 5.00. The van der Waals surface area contributed by atoms with Gasteiger partial charge in [-0.2, -0.15) is 0 Å². The molecule has 2 N–H and O–H groups in total. The van der Waals surface area contributed by atoms with Crippen LogP contribution in [-0.4, -0.2) is 41.8 Å². The van der Waals surface area contributed by atoms with Crippen molar-refractivity contribution < 1.29 is 17.9 Å². The molecule has 0 spiro atoms. The Labute approximate surface area is 125 Å². The number of benzene rings is 1. The summed E-state index contributed by atoms with van der Waals surface area (Å²) in [5.41, 5.74) is 0. The summed E-state index contributed by atoms with van der Waals surface area (Å²) in [6.45, 7) is 1.45. The van der Waals surface area contributed by atoms with Gasteiger partial charge < -0.3 is 14.8 Å². The van der Waals surface area contributed by atoms with Crippen molar-refractivity contribution in [1.82, 2.24) is 10.0 Å². The van der Waals surface area contributed by atoms with Gasteiger partial charge in [0.05, 0.1) is 19.1 Å². The number of rotatable bonds is 7. The number of nitrogens with one attached hydrogen (secondary N) is 2. The lowest BCUT2D eigenvalue weighted by molar-refractivity contribution is 0.354. The van der Waals surface area contributed by atoms with E-state index in [9.17, 15) is 8.42 Å². The largest absolute Gasteiger partial charge is 0.493 e. The molecule has 21 heavy (non-hydrogen) atoms. The van der Waals surface area contributed by atoms with Crippen molar-refractivity contribution in [1.29, 1.82) is 0 Å². The van der Waals surface area contributed by atoms with E-state index in [1.807, 2.05) is 0 Å². The fourth-order valence-electron chi connectivity index (χ4n) is 2.44. The van der Waals surface area contributed by atoms with Gasteiger partial charge in [0.15, 0.2) is 11.5 Å². The summed E-state index contributed by atoms with van der Waals surface area (Å²) in [7, 11) is -0.531. The van der Waals surface area contributed by atoms with Crippen LogP contribution in [0, 0.1) is 0 Å². The van der Waals surface area contributed by atoms with E-state index in [4.69, 9.17) is 9.47 Å². The van der Waals surface area contributed by atoms with E-state index in [1.165, 1.54) is 26.4 Å². The molecule has 1 fully saturated rings. The molecule has 0 aliphatic carbocycles. The Morgan fingerprint density at radius 2 is 2.05 bits per heavy atom. The van der Waals surface area contributed by atoms with Crippen LogP contribution in [0.25, 0.3) is 0 Å². The Bertz CT molecular complexity index is 568. The number of methoxy groups -OCH3 is 2. The lowest BCUT2D eigenvalue weighted by Gasteiger charge is -2.13. The number of hydrogen-bond acceptors (Lipinski definition) is 5.